The smallest absolute Gasteiger partial charge is 0.290 e. The van der Waals surface area contributed by atoms with E-state index in [0.29, 0.717) is 30.5 Å². The lowest BCUT2D eigenvalue weighted by atomic mass is 9.97. The van der Waals surface area contributed by atoms with E-state index in [1.54, 1.807) is 47.8 Å². The van der Waals surface area contributed by atoms with Gasteiger partial charge in [0.05, 0.1) is 23.3 Å². The van der Waals surface area contributed by atoms with E-state index in [1.165, 1.54) is 6.07 Å². The van der Waals surface area contributed by atoms with Gasteiger partial charge in [0, 0.05) is 31.0 Å². The molecular formula is C25H22FN3O3. The minimum Gasteiger partial charge on any atom is -0.450 e. The number of aryl methyl sites for hydroxylation is 3. The molecule has 32 heavy (non-hydrogen) atoms. The van der Waals surface area contributed by atoms with Crippen molar-refractivity contribution in [3.8, 4) is 0 Å². The van der Waals surface area contributed by atoms with Crippen LogP contribution in [0.1, 0.15) is 45.3 Å². The third-order valence-electron chi connectivity index (χ3n) is 6.16. The lowest BCUT2D eigenvalue weighted by Gasteiger charge is -2.25. The SMILES string of the molecule is Cc1cc2oc3c(c(=O)c2cc1C)C(c1ccccc1F)N(CCCn1ccnc1)C3=O. The number of amides is 1. The van der Waals surface area contributed by atoms with Crippen molar-refractivity contribution in [1.29, 1.82) is 0 Å². The fraction of sp³-hybridized carbons (Fsp3) is 0.240. The second kappa shape index (κ2) is 7.75. The molecule has 1 aliphatic heterocycles. The average Bonchev–Trinajstić information content (AvgIpc) is 3.38. The molecule has 4 aromatic rings. The van der Waals surface area contributed by atoms with Crippen LogP contribution in [-0.2, 0) is 6.54 Å². The number of carbonyl (C=O) groups excluding carboxylic acids is 1. The summed E-state index contributed by atoms with van der Waals surface area (Å²) in [5.41, 5.74) is 2.50. The van der Waals surface area contributed by atoms with Gasteiger partial charge in [-0.25, -0.2) is 9.37 Å². The number of imidazole rings is 1. The lowest BCUT2D eigenvalue weighted by molar-refractivity contribution is 0.0722. The maximum absolute atomic E-state index is 14.9. The Morgan fingerprint density at radius 2 is 1.88 bits per heavy atom. The molecule has 1 amide bonds. The first kappa shape index (κ1) is 20.2. The topological polar surface area (TPSA) is 68.3 Å². The summed E-state index contributed by atoms with van der Waals surface area (Å²) in [7, 11) is 0. The fourth-order valence-electron chi connectivity index (χ4n) is 4.37. The van der Waals surface area contributed by atoms with Crippen LogP contribution in [0.3, 0.4) is 0 Å². The molecule has 0 aliphatic carbocycles. The largest absolute Gasteiger partial charge is 0.450 e. The van der Waals surface area contributed by atoms with Crippen LogP contribution in [-0.4, -0.2) is 26.9 Å². The molecule has 6 nitrogen and oxygen atoms in total. The zero-order valence-electron chi connectivity index (χ0n) is 17.8. The van der Waals surface area contributed by atoms with Gasteiger partial charge >= 0.3 is 0 Å². The molecular weight excluding hydrogens is 409 g/mol. The van der Waals surface area contributed by atoms with Gasteiger partial charge < -0.3 is 13.9 Å². The van der Waals surface area contributed by atoms with Crippen LogP contribution in [0.4, 0.5) is 4.39 Å². The second-order valence-electron chi connectivity index (χ2n) is 8.18. The van der Waals surface area contributed by atoms with Crippen LogP contribution in [0, 0.1) is 19.7 Å². The number of carbonyl (C=O) groups is 1. The van der Waals surface area contributed by atoms with Crippen LogP contribution in [0.15, 0.2) is 64.3 Å². The van der Waals surface area contributed by atoms with E-state index >= 15 is 0 Å². The number of aromatic nitrogens is 2. The van der Waals surface area contributed by atoms with E-state index in [0.717, 1.165) is 11.1 Å². The summed E-state index contributed by atoms with van der Waals surface area (Å²) < 4.78 is 22.8. The number of hydrogen-bond donors (Lipinski definition) is 0. The Kier molecular flexibility index (Phi) is 4.89. The van der Waals surface area contributed by atoms with Gasteiger partial charge in [0.25, 0.3) is 5.91 Å². The summed E-state index contributed by atoms with van der Waals surface area (Å²) in [6, 6.07) is 8.99. The number of fused-ring (bicyclic) bond motifs is 2. The van der Waals surface area contributed by atoms with E-state index in [4.69, 9.17) is 4.42 Å². The number of nitrogens with zero attached hydrogens (tertiary/aromatic N) is 3. The van der Waals surface area contributed by atoms with Crippen molar-refractivity contribution in [3.05, 3.63) is 99.2 Å². The first-order chi connectivity index (χ1) is 15.5. The number of rotatable bonds is 5. The van der Waals surface area contributed by atoms with E-state index < -0.39 is 17.8 Å². The quantitative estimate of drug-likeness (QED) is 0.470. The first-order valence-electron chi connectivity index (χ1n) is 10.5. The highest BCUT2D eigenvalue weighted by Gasteiger charge is 2.43. The molecule has 0 radical (unpaired) electrons. The van der Waals surface area contributed by atoms with E-state index in [1.807, 2.05) is 24.6 Å². The Morgan fingerprint density at radius 1 is 1.09 bits per heavy atom. The number of benzene rings is 2. The molecule has 0 fully saturated rings. The monoisotopic (exact) mass is 431 g/mol. The van der Waals surface area contributed by atoms with Crippen LogP contribution < -0.4 is 5.43 Å². The summed E-state index contributed by atoms with van der Waals surface area (Å²) in [4.78, 5) is 32.5. The first-order valence-corrected chi connectivity index (χ1v) is 10.5. The standard InChI is InChI=1S/C25H22FN3O3/c1-15-12-18-20(13-16(15)2)32-24-21(23(18)30)22(17-6-3-4-7-19(17)26)29(25(24)31)10-5-9-28-11-8-27-14-28/h3-4,6-8,11-14,22H,5,9-10H2,1-2H3. The predicted molar refractivity (Wildman–Crippen MR) is 118 cm³/mol. The Morgan fingerprint density at radius 3 is 2.62 bits per heavy atom. The number of halogens is 1. The molecule has 5 rings (SSSR count). The van der Waals surface area contributed by atoms with Gasteiger partial charge in [-0.3, -0.25) is 9.59 Å². The highest BCUT2D eigenvalue weighted by atomic mass is 19.1. The predicted octanol–water partition coefficient (Wildman–Crippen LogP) is 4.38. The van der Waals surface area contributed by atoms with Gasteiger partial charge in [0.2, 0.25) is 5.76 Å². The molecule has 7 heteroatoms. The minimum absolute atomic E-state index is 0.00152. The molecule has 2 aromatic heterocycles. The van der Waals surface area contributed by atoms with E-state index in [9.17, 15) is 14.0 Å². The third kappa shape index (κ3) is 3.21. The maximum Gasteiger partial charge on any atom is 0.290 e. The molecule has 0 bridgehead atoms. The second-order valence-corrected chi connectivity index (χ2v) is 8.18. The van der Waals surface area contributed by atoms with Crippen molar-refractivity contribution < 1.29 is 13.6 Å². The van der Waals surface area contributed by atoms with E-state index in [-0.39, 0.29) is 22.3 Å². The van der Waals surface area contributed by atoms with Crippen molar-refractivity contribution in [2.45, 2.75) is 32.9 Å². The zero-order valence-corrected chi connectivity index (χ0v) is 17.8. The van der Waals surface area contributed by atoms with Crippen LogP contribution in [0.5, 0.6) is 0 Å². The summed E-state index contributed by atoms with van der Waals surface area (Å²) >= 11 is 0. The number of hydrogen-bond acceptors (Lipinski definition) is 4. The van der Waals surface area contributed by atoms with Crippen molar-refractivity contribution in [2.24, 2.45) is 0 Å². The maximum atomic E-state index is 14.9. The Bertz CT molecular complexity index is 1390. The van der Waals surface area contributed by atoms with Gasteiger partial charge in [-0.1, -0.05) is 18.2 Å². The van der Waals surface area contributed by atoms with Gasteiger partial charge in [-0.2, -0.15) is 0 Å². The Balaban J connectivity index is 1.64. The van der Waals surface area contributed by atoms with Crippen molar-refractivity contribution in [1.82, 2.24) is 14.5 Å². The Hall–Kier alpha value is -3.74. The normalized spacial score (nSPS) is 15.5. The summed E-state index contributed by atoms with van der Waals surface area (Å²) in [6.07, 6.45) is 5.86. The molecule has 1 atom stereocenters. The third-order valence-corrected chi connectivity index (χ3v) is 6.16. The lowest BCUT2D eigenvalue weighted by Crippen LogP contribution is -2.31. The zero-order chi connectivity index (χ0) is 22.4. The highest BCUT2D eigenvalue weighted by Crippen LogP contribution is 2.39. The van der Waals surface area contributed by atoms with Gasteiger partial charge in [-0.05, 0) is 49.6 Å². The van der Waals surface area contributed by atoms with E-state index in [2.05, 4.69) is 4.98 Å². The van der Waals surface area contributed by atoms with Crippen LogP contribution in [0.25, 0.3) is 11.0 Å². The molecule has 0 N–H and O–H groups in total. The molecule has 0 saturated heterocycles. The highest BCUT2D eigenvalue weighted by molar-refractivity contribution is 5.99. The Labute approximate surface area is 183 Å². The van der Waals surface area contributed by atoms with Gasteiger partial charge in [0.1, 0.15) is 11.4 Å². The summed E-state index contributed by atoms with van der Waals surface area (Å²) in [5, 5.41) is 0.404. The van der Waals surface area contributed by atoms with Crippen molar-refractivity contribution in [2.75, 3.05) is 6.54 Å². The van der Waals surface area contributed by atoms with Crippen molar-refractivity contribution in [3.63, 3.8) is 0 Å². The minimum atomic E-state index is -0.830. The van der Waals surface area contributed by atoms with Gasteiger partial charge in [-0.15, -0.1) is 0 Å². The molecule has 0 spiro atoms. The molecule has 2 aromatic carbocycles. The summed E-state index contributed by atoms with van der Waals surface area (Å²) in [6.45, 7) is 4.83. The molecule has 1 aliphatic rings. The van der Waals surface area contributed by atoms with Gasteiger partial charge in [0.15, 0.2) is 5.43 Å². The molecule has 1 unspecified atom stereocenters. The van der Waals surface area contributed by atoms with Crippen LogP contribution >= 0.6 is 0 Å². The summed E-state index contributed by atoms with van der Waals surface area (Å²) in [5.74, 6) is -0.852. The average molecular weight is 431 g/mol. The van der Waals surface area contributed by atoms with Crippen LogP contribution in [0.2, 0.25) is 0 Å². The van der Waals surface area contributed by atoms with Crippen molar-refractivity contribution >= 4 is 16.9 Å². The molecule has 162 valence electrons. The fourth-order valence-corrected chi connectivity index (χ4v) is 4.37. The molecule has 0 saturated carbocycles. The molecule has 3 heterocycles.